The first kappa shape index (κ1) is 19.7. The van der Waals surface area contributed by atoms with Gasteiger partial charge in [-0.1, -0.05) is 0 Å². The third-order valence-electron chi connectivity index (χ3n) is 3.10. The van der Waals surface area contributed by atoms with Crippen LogP contribution in [0.5, 0.6) is 0 Å². The lowest BCUT2D eigenvalue weighted by molar-refractivity contribution is -0.151. The van der Waals surface area contributed by atoms with Crippen LogP contribution in [0.3, 0.4) is 0 Å². The SMILES string of the molecule is CCOCC(=O)OCC(=O)Nc1scc(-c2ccco2)c1C(=O)OCC. The number of hydrogen-bond donors (Lipinski definition) is 1. The Bertz CT molecular complexity index is 751. The van der Waals surface area contributed by atoms with Crippen molar-refractivity contribution in [3.05, 3.63) is 29.3 Å². The summed E-state index contributed by atoms with van der Waals surface area (Å²) in [6.07, 6.45) is 1.48. The van der Waals surface area contributed by atoms with Crippen molar-refractivity contribution in [3.8, 4) is 11.3 Å². The normalized spacial score (nSPS) is 10.4. The molecule has 1 N–H and O–H groups in total. The number of carbonyl (C=O) groups is 3. The highest BCUT2D eigenvalue weighted by Gasteiger charge is 2.24. The summed E-state index contributed by atoms with van der Waals surface area (Å²) in [4.78, 5) is 35.7. The number of rotatable bonds is 9. The Labute approximate surface area is 154 Å². The monoisotopic (exact) mass is 381 g/mol. The Morgan fingerprint density at radius 2 is 1.96 bits per heavy atom. The molecule has 0 radical (unpaired) electrons. The van der Waals surface area contributed by atoms with Gasteiger partial charge in [0.1, 0.15) is 22.9 Å². The Balaban J connectivity index is 2.10. The fraction of sp³-hybridized carbons (Fsp3) is 0.353. The van der Waals surface area contributed by atoms with Crippen molar-refractivity contribution in [3.63, 3.8) is 0 Å². The lowest BCUT2D eigenvalue weighted by atomic mass is 10.1. The maximum absolute atomic E-state index is 12.3. The van der Waals surface area contributed by atoms with E-state index in [0.717, 1.165) is 11.3 Å². The van der Waals surface area contributed by atoms with E-state index in [1.807, 2.05) is 0 Å². The molecule has 140 valence electrons. The molecule has 0 bridgehead atoms. The number of amides is 1. The first-order chi connectivity index (χ1) is 12.6. The molecule has 0 aliphatic rings. The van der Waals surface area contributed by atoms with Gasteiger partial charge in [0.2, 0.25) is 0 Å². The molecular formula is C17H19NO7S. The molecule has 2 heterocycles. The average Bonchev–Trinajstić information content (AvgIpc) is 3.27. The van der Waals surface area contributed by atoms with Crippen LogP contribution >= 0.6 is 11.3 Å². The van der Waals surface area contributed by atoms with Gasteiger partial charge in [0, 0.05) is 17.6 Å². The molecule has 26 heavy (non-hydrogen) atoms. The zero-order chi connectivity index (χ0) is 18.9. The quantitative estimate of drug-likeness (QED) is 0.666. The third kappa shape index (κ3) is 5.17. The van der Waals surface area contributed by atoms with Gasteiger partial charge in [0.05, 0.1) is 12.9 Å². The Morgan fingerprint density at radius 3 is 2.62 bits per heavy atom. The van der Waals surface area contributed by atoms with E-state index < -0.39 is 24.5 Å². The maximum Gasteiger partial charge on any atom is 0.341 e. The molecule has 0 aliphatic carbocycles. The number of nitrogens with one attached hydrogen (secondary N) is 1. The summed E-state index contributed by atoms with van der Waals surface area (Å²) in [6, 6.07) is 3.39. The second kappa shape index (κ2) is 9.73. The van der Waals surface area contributed by atoms with Crippen LogP contribution in [-0.4, -0.2) is 44.3 Å². The highest BCUT2D eigenvalue weighted by atomic mass is 32.1. The predicted octanol–water partition coefficient (Wildman–Crippen LogP) is 2.70. The van der Waals surface area contributed by atoms with Gasteiger partial charge in [0.25, 0.3) is 5.91 Å². The Morgan fingerprint density at radius 1 is 1.15 bits per heavy atom. The summed E-state index contributed by atoms with van der Waals surface area (Å²) in [5.41, 5.74) is 0.711. The van der Waals surface area contributed by atoms with Gasteiger partial charge in [-0.15, -0.1) is 11.3 Å². The van der Waals surface area contributed by atoms with E-state index in [2.05, 4.69) is 5.32 Å². The van der Waals surface area contributed by atoms with E-state index in [0.29, 0.717) is 22.9 Å². The molecule has 8 nitrogen and oxygen atoms in total. The van der Waals surface area contributed by atoms with Crippen molar-refractivity contribution in [2.24, 2.45) is 0 Å². The lowest BCUT2D eigenvalue weighted by Gasteiger charge is -2.08. The minimum Gasteiger partial charge on any atom is -0.464 e. The third-order valence-corrected chi connectivity index (χ3v) is 3.99. The molecular weight excluding hydrogens is 362 g/mol. The van der Waals surface area contributed by atoms with Crippen molar-refractivity contribution in [1.29, 1.82) is 0 Å². The number of carbonyl (C=O) groups excluding carboxylic acids is 3. The van der Waals surface area contributed by atoms with E-state index in [-0.39, 0.29) is 18.8 Å². The van der Waals surface area contributed by atoms with Crippen LogP contribution in [-0.2, 0) is 23.8 Å². The fourth-order valence-corrected chi connectivity index (χ4v) is 2.96. The van der Waals surface area contributed by atoms with Gasteiger partial charge in [-0.3, -0.25) is 4.79 Å². The second-order valence-corrected chi connectivity index (χ2v) is 5.78. The predicted molar refractivity (Wildman–Crippen MR) is 94.1 cm³/mol. The van der Waals surface area contributed by atoms with Gasteiger partial charge in [0.15, 0.2) is 6.61 Å². The minimum atomic E-state index is -0.643. The first-order valence-electron chi connectivity index (χ1n) is 7.92. The fourth-order valence-electron chi connectivity index (χ4n) is 2.00. The van der Waals surface area contributed by atoms with Crippen LogP contribution in [0.25, 0.3) is 11.3 Å². The molecule has 0 aliphatic heterocycles. The second-order valence-electron chi connectivity index (χ2n) is 4.90. The van der Waals surface area contributed by atoms with Crippen LogP contribution in [0.1, 0.15) is 24.2 Å². The van der Waals surface area contributed by atoms with Gasteiger partial charge in [-0.25, -0.2) is 9.59 Å². The van der Waals surface area contributed by atoms with Gasteiger partial charge < -0.3 is 23.9 Å². The van der Waals surface area contributed by atoms with E-state index in [1.165, 1.54) is 6.26 Å². The molecule has 2 rings (SSSR count). The zero-order valence-corrected chi connectivity index (χ0v) is 15.2. The van der Waals surface area contributed by atoms with Gasteiger partial charge in [-0.05, 0) is 26.0 Å². The standard InChI is InChI=1S/C17H19NO7S/c1-3-22-9-14(20)25-8-13(19)18-16-15(17(21)23-4-2)11(10-26-16)12-6-5-7-24-12/h5-7,10H,3-4,8-9H2,1-2H3,(H,18,19). The maximum atomic E-state index is 12.3. The largest absolute Gasteiger partial charge is 0.464 e. The zero-order valence-electron chi connectivity index (χ0n) is 14.4. The molecule has 1 amide bonds. The van der Waals surface area contributed by atoms with Crippen molar-refractivity contribution in [2.45, 2.75) is 13.8 Å². The Hall–Kier alpha value is -2.65. The molecule has 9 heteroatoms. The summed E-state index contributed by atoms with van der Waals surface area (Å²) in [6.45, 7) is 3.28. The molecule has 0 unspecified atom stereocenters. The van der Waals surface area contributed by atoms with Crippen LogP contribution in [0.15, 0.2) is 28.2 Å². The molecule has 0 spiro atoms. The van der Waals surface area contributed by atoms with Crippen molar-refractivity contribution in [1.82, 2.24) is 0 Å². The number of hydrogen-bond acceptors (Lipinski definition) is 8. The molecule has 0 aromatic carbocycles. The van der Waals surface area contributed by atoms with Crippen LogP contribution < -0.4 is 5.32 Å². The minimum absolute atomic E-state index is 0.189. The molecule has 0 saturated heterocycles. The molecule has 2 aromatic rings. The van der Waals surface area contributed by atoms with Crippen LogP contribution in [0.4, 0.5) is 5.00 Å². The van der Waals surface area contributed by atoms with Crippen molar-refractivity contribution < 1.29 is 33.0 Å². The Kier molecular flexibility index (Phi) is 7.37. The summed E-state index contributed by atoms with van der Waals surface area (Å²) in [5, 5.41) is 4.54. The van der Waals surface area contributed by atoms with Gasteiger partial charge >= 0.3 is 11.9 Å². The highest BCUT2D eigenvalue weighted by Crippen LogP contribution is 2.36. The van der Waals surface area contributed by atoms with Crippen LogP contribution in [0, 0.1) is 0 Å². The van der Waals surface area contributed by atoms with E-state index in [9.17, 15) is 14.4 Å². The summed E-state index contributed by atoms with van der Waals surface area (Å²) in [7, 11) is 0. The number of esters is 2. The smallest absolute Gasteiger partial charge is 0.341 e. The van der Waals surface area contributed by atoms with Gasteiger partial charge in [-0.2, -0.15) is 0 Å². The first-order valence-corrected chi connectivity index (χ1v) is 8.80. The summed E-state index contributed by atoms with van der Waals surface area (Å²) >= 11 is 1.15. The molecule has 2 aromatic heterocycles. The van der Waals surface area contributed by atoms with E-state index in [1.54, 1.807) is 31.4 Å². The van der Waals surface area contributed by atoms with Crippen molar-refractivity contribution >= 4 is 34.2 Å². The topological polar surface area (TPSA) is 104 Å². The number of ether oxygens (including phenoxy) is 3. The number of thiophene rings is 1. The van der Waals surface area contributed by atoms with E-state index >= 15 is 0 Å². The van der Waals surface area contributed by atoms with E-state index in [4.69, 9.17) is 18.6 Å². The summed E-state index contributed by atoms with van der Waals surface area (Å²) in [5.74, 6) is -1.32. The highest BCUT2D eigenvalue weighted by molar-refractivity contribution is 7.15. The number of anilines is 1. The summed E-state index contributed by atoms with van der Waals surface area (Å²) < 4.78 is 20.1. The lowest BCUT2D eigenvalue weighted by Crippen LogP contribution is -2.23. The van der Waals surface area contributed by atoms with Crippen LogP contribution in [0.2, 0.25) is 0 Å². The molecule has 0 saturated carbocycles. The number of furan rings is 1. The molecule has 0 fully saturated rings. The molecule has 0 atom stereocenters. The van der Waals surface area contributed by atoms with Crippen molar-refractivity contribution in [2.75, 3.05) is 31.7 Å². The average molecular weight is 381 g/mol.